The smallest absolute Gasteiger partial charge is 0.0640 e. The number of hydrogen-bond donors (Lipinski definition) is 0. The van der Waals surface area contributed by atoms with Crippen molar-refractivity contribution >= 4 is 112 Å². The van der Waals surface area contributed by atoms with E-state index in [1.165, 1.54) is 106 Å². The second kappa shape index (κ2) is 12.9. The van der Waals surface area contributed by atoms with E-state index in [2.05, 4.69) is 205 Å². The number of nitrogens with zero attached hydrogens (tertiary/aromatic N) is 1. The van der Waals surface area contributed by atoms with Gasteiger partial charge >= 0.3 is 0 Å². The number of anilines is 3. The largest absolute Gasteiger partial charge is 0.308 e. The lowest BCUT2D eigenvalue weighted by molar-refractivity contribution is 1.32. The fourth-order valence-electron chi connectivity index (χ4n) is 9.08. The Kier molecular flexibility index (Phi) is 7.34. The van der Waals surface area contributed by atoms with E-state index in [9.17, 15) is 0 Å². The topological polar surface area (TPSA) is 3.24 Å². The molecule has 1 nitrogen and oxygen atoms in total. The monoisotopic (exact) mass is 759 g/mol. The molecule has 10 aromatic carbocycles. The molecule has 12 rings (SSSR count). The maximum Gasteiger partial charge on any atom is 0.0640 e. The van der Waals surface area contributed by atoms with Gasteiger partial charge in [-0.3, -0.25) is 0 Å². The summed E-state index contributed by atoms with van der Waals surface area (Å²) in [6, 6.07) is 74.1. The molecular weight excluding hydrogens is 727 g/mol. The van der Waals surface area contributed by atoms with Gasteiger partial charge in [-0.25, -0.2) is 0 Å². The van der Waals surface area contributed by atoms with Crippen molar-refractivity contribution in [2.45, 2.75) is 0 Å². The minimum atomic E-state index is 1.12. The van der Waals surface area contributed by atoms with Crippen LogP contribution in [-0.4, -0.2) is 0 Å². The first kappa shape index (κ1) is 32.5. The average molecular weight is 760 g/mol. The molecule has 0 atom stereocenters. The van der Waals surface area contributed by atoms with Crippen LogP contribution in [0.2, 0.25) is 0 Å². The molecule has 2 heterocycles. The third kappa shape index (κ3) is 5.06. The fourth-order valence-corrected chi connectivity index (χ4v) is 11.4. The lowest BCUT2D eigenvalue weighted by Crippen LogP contribution is -2.12. The summed E-state index contributed by atoms with van der Waals surface area (Å²) in [6.07, 6.45) is 0. The van der Waals surface area contributed by atoms with Crippen molar-refractivity contribution < 1.29 is 0 Å². The zero-order valence-corrected chi connectivity index (χ0v) is 32.4. The molecule has 0 bridgehead atoms. The van der Waals surface area contributed by atoms with Gasteiger partial charge in [0.25, 0.3) is 0 Å². The number of hydrogen-bond acceptors (Lipinski definition) is 3. The van der Waals surface area contributed by atoms with Crippen LogP contribution < -0.4 is 4.90 Å². The summed E-state index contributed by atoms with van der Waals surface area (Å²) in [5.74, 6) is 0. The van der Waals surface area contributed by atoms with Crippen molar-refractivity contribution in [3.63, 3.8) is 0 Å². The van der Waals surface area contributed by atoms with Crippen LogP contribution in [0.3, 0.4) is 0 Å². The Hall–Kier alpha value is -6.78. The molecule has 57 heavy (non-hydrogen) atoms. The van der Waals surface area contributed by atoms with Crippen molar-refractivity contribution in [2.24, 2.45) is 0 Å². The Bertz CT molecular complexity index is 3530. The molecule has 0 N–H and O–H groups in total. The van der Waals surface area contributed by atoms with Gasteiger partial charge in [-0.05, 0) is 80.0 Å². The third-order valence-electron chi connectivity index (χ3n) is 11.7. The van der Waals surface area contributed by atoms with Gasteiger partial charge < -0.3 is 4.90 Å². The number of thiophene rings is 2. The molecule has 12 aromatic rings. The molecule has 0 fully saturated rings. The van der Waals surface area contributed by atoms with Crippen molar-refractivity contribution in [1.82, 2.24) is 0 Å². The summed E-state index contributed by atoms with van der Waals surface area (Å²) in [4.78, 5) is 2.56. The Morgan fingerprint density at radius 1 is 0.333 bits per heavy atom. The Morgan fingerprint density at radius 3 is 1.67 bits per heavy atom. The number of benzene rings is 10. The van der Waals surface area contributed by atoms with Crippen LogP contribution in [0.25, 0.3) is 94.9 Å². The lowest BCUT2D eigenvalue weighted by Gasteiger charge is -2.31. The molecule has 0 saturated heterocycles. The highest BCUT2D eigenvalue weighted by molar-refractivity contribution is 7.26. The van der Waals surface area contributed by atoms with Gasteiger partial charge in [-0.2, -0.15) is 0 Å². The van der Waals surface area contributed by atoms with Gasteiger partial charge in [-0.1, -0.05) is 164 Å². The van der Waals surface area contributed by atoms with E-state index in [4.69, 9.17) is 0 Å². The highest BCUT2D eigenvalue weighted by Crippen LogP contribution is 2.53. The summed E-state index contributed by atoms with van der Waals surface area (Å²) < 4.78 is 5.22. The summed E-state index contributed by atoms with van der Waals surface area (Å²) in [5, 5.41) is 12.7. The molecule has 0 unspecified atom stereocenters. The van der Waals surface area contributed by atoms with E-state index in [0.29, 0.717) is 0 Å². The Balaban J connectivity index is 1.17. The Morgan fingerprint density at radius 2 is 0.877 bits per heavy atom. The highest BCUT2D eigenvalue weighted by Gasteiger charge is 2.26. The number of rotatable bonds is 5. The molecule has 266 valence electrons. The van der Waals surface area contributed by atoms with Crippen LogP contribution in [0, 0.1) is 0 Å². The first-order valence-corrected chi connectivity index (χ1v) is 21.1. The second-order valence-corrected chi connectivity index (χ2v) is 16.9. The molecule has 0 aliphatic carbocycles. The van der Waals surface area contributed by atoms with Crippen LogP contribution in [0.5, 0.6) is 0 Å². The summed E-state index contributed by atoms with van der Waals surface area (Å²) >= 11 is 3.75. The van der Waals surface area contributed by atoms with Crippen molar-refractivity contribution in [1.29, 1.82) is 0 Å². The zero-order valence-electron chi connectivity index (χ0n) is 30.8. The van der Waals surface area contributed by atoms with E-state index in [1.807, 2.05) is 22.7 Å². The molecule has 0 radical (unpaired) electrons. The second-order valence-electron chi connectivity index (χ2n) is 14.8. The quantitative estimate of drug-likeness (QED) is 0.158. The predicted molar refractivity (Wildman–Crippen MR) is 250 cm³/mol. The van der Waals surface area contributed by atoms with E-state index < -0.39 is 0 Å². The van der Waals surface area contributed by atoms with Crippen molar-refractivity contribution in [3.05, 3.63) is 200 Å². The third-order valence-corrected chi connectivity index (χ3v) is 14.0. The maximum absolute atomic E-state index is 2.56. The van der Waals surface area contributed by atoms with E-state index in [-0.39, 0.29) is 0 Å². The van der Waals surface area contributed by atoms with Gasteiger partial charge in [0.2, 0.25) is 0 Å². The SMILES string of the molecule is c1ccc2c(-c3c(N(c4ccc(-c5ccc6c(c5)sc5ccccc56)cc4)c4cccc5c4sc4ccccc45)c4ccccc4c4ccccc34)cccc2c1. The van der Waals surface area contributed by atoms with E-state index >= 15 is 0 Å². The molecule has 0 aliphatic heterocycles. The summed E-state index contributed by atoms with van der Waals surface area (Å²) in [7, 11) is 0. The van der Waals surface area contributed by atoms with Crippen LogP contribution >= 0.6 is 22.7 Å². The summed E-state index contributed by atoms with van der Waals surface area (Å²) in [5.41, 5.74) is 8.38. The van der Waals surface area contributed by atoms with Crippen LogP contribution in [0.15, 0.2) is 200 Å². The minimum absolute atomic E-state index is 1.12. The molecule has 0 saturated carbocycles. The minimum Gasteiger partial charge on any atom is -0.308 e. The van der Waals surface area contributed by atoms with Crippen LogP contribution in [0.4, 0.5) is 17.1 Å². The molecule has 0 amide bonds. The first-order chi connectivity index (χ1) is 28.3. The first-order valence-electron chi connectivity index (χ1n) is 19.4. The summed E-state index contributed by atoms with van der Waals surface area (Å²) in [6.45, 7) is 0. The fraction of sp³-hybridized carbons (Fsp3) is 0. The van der Waals surface area contributed by atoms with Gasteiger partial charge in [0.15, 0.2) is 0 Å². The predicted octanol–water partition coefficient (Wildman–Crippen LogP) is 16.7. The average Bonchev–Trinajstić information content (AvgIpc) is 3.85. The normalized spacial score (nSPS) is 11.9. The maximum atomic E-state index is 2.56. The van der Waals surface area contributed by atoms with Gasteiger partial charge in [0.1, 0.15) is 0 Å². The van der Waals surface area contributed by atoms with Crippen LogP contribution in [-0.2, 0) is 0 Å². The van der Waals surface area contributed by atoms with Crippen molar-refractivity contribution in [3.8, 4) is 22.3 Å². The van der Waals surface area contributed by atoms with Crippen molar-refractivity contribution in [2.75, 3.05) is 4.90 Å². The van der Waals surface area contributed by atoms with Gasteiger partial charge in [0, 0.05) is 52.3 Å². The number of fused-ring (bicyclic) bond motifs is 10. The van der Waals surface area contributed by atoms with E-state index in [1.54, 1.807) is 0 Å². The zero-order chi connectivity index (χ0) is 37.5. The molecular formula is C54H33NS2. The highest BCUT2D eigenvalue weighted by atomic mass is 32.1. The van der Waals surface area contributed by atoms with E-state index in [0.717, 1.165) is 5.69 Å². The van der Waals surface area contributed by atoms with Gasteiger partial charge in [0.05, 0.1) is 16.1 Å². The Labute approximate surface area is 337 Å². The molecule has 0 spiro atoms. The standard InChI is InChI=1S/C54H33NS2/c1-2-15-38-35(13-1)14-11-22-44(38)52-45-20-5-3-16-39(45)40-17-4-6-21-46(40)53(52)55(48-24-12-23-47-42-19-8-10-26-50(42)57-54(47)48)37-30-27-34(28-31-37)36-29-32-43-41-18-7-9-25-49(41)56-51(43)33-36/h1-33H. The lowest BCUT2D eigenvalue weighted by atomic mass is 9.88. The van der Waals surface area contributed by atoms with Gasteiger partial charge in [-0.15, -0.1) is 22.7 Å². The van der Waals surface area contributed by atoms with Crippen LogP contribution in [0.1, 0.15) is 0 Å². The molecule has 0 aliphatic rings. The molecule has 2 aromatic heterocycles. The molecule has 3 heteroatoms.